The number of carboxylic acids is 1. The molecule has 3 nitrogen and oxygen atoms in total. The highest BCUT2D eigenvalue weighted by atomic mass is 16.4. The molecule has 1 aliphatic carbocycles. The van der Waals surface area contributed by atoms with Crippen molar-refractivity contribution in [2.24, 2.45) is 5.41 Å². The monoisotopic (exact) mass is 170 g/mol. The fourth-order valence-electron chi connectivity index (χ4n) is 1.96. The molecule has 1 N–H and O–H groups in total. The van der Waals surface area contributed by atoms with E-state index in [4.69, 9.17) is 5.11 Å². The lowest BCUT2D eigenvalue weighted by Gasteiger charge is -2.21. The summed E-state index contributed by atoms with van der Waals surface area (Å²) in [6, 6.07) is 0. The van der Waals surface area contributed by atoms with E-state index in [2.05, 4.69) is 0 Å². The Hall–Kier alpha value is -0.860. The van der Waals surface area contributed by atoms with Gasteiger partial charge >= 0.3 is 5.97 Å². The topological polar surface area (TPSA) is 54.4 Å². The van der Waals surface area contributed by atoms with Gasteiger partial charge in [0.15, 0.2) is 0 Å². The molecule has 1 aliphatic rings. The average Bonchev–Trinajstić information content (AvgIpc) is 2.50. The van der Waals surface area contributed by atoms with E-state index in [-0.39, 0.29) is 0 Å². The lowest BCUT2D eigenvalue weighted by atomic mass is 9.82. The zero-order valence-corrected chi connectivity index (χ0v) is 7.08. The van der Waals surface area contributed by atoms with Gasteiger partial charge in [-0.1, -0.05) is 12.8 Å². The Morgan fingerprint density at radius 1 is 1.42 bits per heavy atom. The van der Waals surface area contributed by atoms with Crippen LogP contribution in [0, 0.1) is 5.41 Å². The lowest BCUT2D eigenvalue weighted by molar-refractivity contribution is -0.149. The van der Waals surface area contributed by atoms with Crippen LogP contribution in [-0.4, -0.2) is 17.4 Å². The Morgan fingerprint density at radius 2 is 2.00 bits per heavy atom. The van der Waals surface area contributed by atoms with Gasteiger partial charge in [0.05, 0.1) is 5.41 Å². The van der Waals surface area contributed by atoms with Crippen LogP contribution >= 0.6 is 0 Å². The van der Waals surface area contributed by atoms with Gasteiger partial charge in [-0.3, -0.25) is 4.79 Å². The van der Waals surface area contributed by atoms with Crippen LogP contribution in [0.3, 0.4) is 0 Å². The average molecular weight is 170 g/mol. The maximum Gasteiger partial charge on any atom is 0.309 e. The second kappa shape index (κ2) is 3.70. The molecule has 0 atom stereocenters. The third-order valence-electron chi connectivity index (χ3n) is 2.76. The van der Waals surface area contributed by atoms with E-state index >= 15 is 0 Å². The van der Waals surface area contributed by atoms with Crippen molar-refractivity contribution in [2.45, 2.75) is 38.5 Å². The molecule has 0 radical (unpaired) electrons. The first-order valence-electron chi connectivity index (χ1n) is 4.38. The summed E-state index contributed by atoms with van der Waals surface area (Å²) in [5, 5.41) is 8.97. The van der Waals surface area contributed by atoms with Crippen molar-refractivity contribution in [3.63, 3.8) is 0 Å². The van der Waals surface area contributed by atoms with E-state index < -0.39 is 11.4 Å². The fourth-order valence-corrected chi connectivity index (χ4v) is 1.96. The standard InChI is InChI=1S/C9H14O3/c10-7-3-6-9(8(11)12)4-1-2-5-9/h7H,1-6H2,(H,11,12). The number of aliphatic carboxylic acids is 1. The second-order valence-corrected chi connectivity index (χ2v) is 3.50. The summed E-state index contributed by atoms with van der Waals surface area (Å²) in [6.45, 7) is 0. The summed E-state index contributed by atoms with van der Waals surface area (Å²) in [6.07, 6.45) is 5.18. The normalized spacial score (nSPS) is 20.7. The van der Waals surface area contributed by atoms with Crippen molar-refractivity contribution in [1.82, 2.24) is 0 Å². The van der Waals surface area contributed by atoms with Crippen molar-refractivity contribution in [1.29, 1.82) is 0 Å². The summed E-state index contributed by atoms with van der Waals surface area (Å²) in [7, 11) is 0. The lowest BCUT2D eigenvalue weighted by Crippen LogP contribution is -2.27. The van der Waals surface area contributed by atoms with Gasteiger partial charge in [0.1, 0.15) is 6.29 Å². The van der Waals surface area contributed by atoms with Crippen LogP contribution in [0.1, 0.15) is 38.5 Å². The predicted molar refractivity (Wildman–Crippen MR) is 43.8 cm³/mol. The first-order chi connectivity index (χ1) is 5.71. The summed E-state index contributed by atoms with van der Waals surface area (Å²) < 4.78 is 0. The third kappa shape index (κ3) is 1.65. The highest BCUT2D eigenvalue weighted by Gasteiger charge is 2.40. The predicted octanol–water partition coefficient (Wildman–Crippen LogP) is 1.61. The first kappa shape index (κ1) is 9.23. The number of rotatable bonds is 4. The van der Waals surface area contributed by atoms with E-state index in [9.17, 15) is 9.59 Å². The minimum Gasteiger partial charge on any atom is -0.481 e. The molecule has 12 heavy (non-hydrogen) atoms. The Balaban J connectivity index is 2.58. The fraction of sp³-hybridized carbons (Fsp3) is 0.778. The molecule has 0 bridgehead atoms. The van der Waals surface area contributed by atoms with E-state index in [1.807, 2.05) is 0 Å². The van der Waals surface area contributed by atoms with Gasteiger partial charge in [-0.25, -0.2) is 0 Å². The van der Waals surface area contributed by atoms with E-state index in [0.717, 1.165) is 32.0 Å². The van der Waals surface area contributed by atoms with Crippen LogP contribution in [0.25, 0.3) is 0 Å². The van der Waals surface area contributed by atoms with E-state index in [0.29, 0.717) is 12.8 Å². The molecule has 0 aliphatic heterocycles. The van der Waals surface area contributed by atoms with Crippen LogP contribution < -0.4 is 0 Å². The number of carboxylic acid groups (broad SMARTS) is 1. The summed E-state index contributed by atoms with van der Waals surface area (Å²) >= 11 is 0. The third-order valence-corrected chi connectivity index (χ3v) is 2.76. The summed E-state index contributed by atoms with van der Waals surface area (Å²) in [4.78, 5) is 21.0. The molecule has 0 aromatic heterocycles. The molecule has 68 valence electrons. The molecular formula is C9H14O3. The van der Waals surface area contributed by atoms with Crippen LogP contribution in [0.2, 0.25) is 0 Å². The number of hydrogen-bond donors (Lipinski definition) is 1. The zero-order valence-electron chi connectivity index (χ0n) is 7.08. The first-order valence-corrected chi connectivity index (χ1v) is 4.38. The Labute approximate surface area is 71.8 Å². The highest BCUT2D eigenvalue weighted by molar-refractivity contribution is 5.75. The SMILES string of the molecule is O=CCCC1(C(=O)O)CCCC1. The number of aldehydes is 1. The van der Waals surface area contributed by atoms with E-state index in [1.165, 1.54) is 0 Å². The van der Waals surface area contributed by atoms with Crippen LogP contribution in [-0.2, 0) is 9.59 Å². The van der Waals surface area contributed by atoms with Gasteiger partial charge < -0.3 is 9.90 Å². The van der Waals surface area contributed by atoms with Gasteiger partial charge in [-0.05, 0) is 19.3 Å². The van der Waals surface area contributed by atoms with Gasteiger partial charge in [0.25, 0.3) is 0 Å². The largest absolute Gasteiger partial charge is 0.481 e. The zero-order chi connectivity index (χ0) is 9.03. The molecule has 3 heteroatoms. The number of carbonyl (C=O) groups is 2. The minimum absolute atomic E-state index is 0.381. The van der Waals surface area contributed by atoms with E-state index in [1.54, 1.807) is 0 Å². The van der Waals surface area contributed by atoms with Gasteiger partial charge in [0.2, 0.25) is 0 Å². The Kier molecular flexibility index (Phi) is 2.84. The number of carbonyl (C=O) groups excluding carboxylic acids is 1. The number of hydrogen-bond acceptors (Lipinski definition) is 2. The van der Waals surface area contributed by atoms with Crippen molar-refractivity contribution >= 4 is 12.3 Å². The molecule has 0 aromatic carbocycles. The van der Waals surface area contributed by atoms with Gasteiger partial charge in [0, 0.05) is 6.42 Å². The molecule has 0 heterocycles. The molecule has 0 unspecified atom stereocenters. The molecule has 0 saturated heterocycles. The molecule has 1 fully saturated rings. The minimum atomic E-state index is -0.721. The second-order valence-electron chi connectivity index (χ2n) is 3.50. The quantitative estimate of drug-likeness (QED) is 0.652. The maximum atomic E-state index is 10.9. The Morgan fingerprint density at radius 3 is 2.42 bits per heavy atom. The molecule has 0 aromatic rings. The molecule has 1 rings (SSSR count). The van der Waals surface area contributed by atoms with Crippen LogP contribution in [0.15, 0.2) is 0 Å². The van der Waals surface area contributed by atoms with Gasteiger partial charge in [-0.2, -0.15) is 0 Å². The van der Waals surface area contributed by atoms with Gasteiger partial charge in [-0.15, -0.1) is 0 Å². The highest BCUT2D eigenvalue weighted by Crippen LogP contribution is 2.41. The van der Waals surface area contributed by atoms with Crippen LogP contribution in [0.4, 0.5) is 0 Å². The molecule has 1 saturated carbocycles. The summed E-state index contributed by atoms with van der Waals surface area (Å²) in [5.41, 5.74) is -0.569. The smallest absolute Gasteiger partial charge is 0.309 e. The van der Waals surface area contributed by atoms with Crippen molar-refractivity contribution in [2.75, 3.05) is 0 Å². The summed E-state index contributed by atoms with van der Waals surface area (Å²) in [5.74, 6) is -0.721. The molecular weight excluding hydrogens is 156 g/mol. The Bertz CT molecular complexity index is 180. The maximum absolute atomic E-state index is 10.9. The van der Waals surface area contributed by atoms with Crippen molar-refractivity contribution in [3.05, 3.63) is 0 Å². The molecule has 0 spiro atoms. The van der Waals surface area contributed by atoms with Crippen molar-refractivity contribution in [3.8, 4) is 0 Å². The molecule has 0 amide bonds. The van der Waals surface area contributed by atoms with Crippen LogP contribution in [0.5, 0.6) is 0 Å². The van der Waals surface area contributed by atoms with Crippen molar-refractivity contribution < 1.29 is 14.7 Å².